The Morgan fingerprint density at radius 3 is 2.68 bits per heavy atom. The Labute approximate surface area is 129 Å². The maximum absolute atomic E-state index is 11.7. The molecule has 0 unspecified atom stereocenters. The average Bonchev–Trinajstić information content (AvgIpc) is 2.82. The Bertz CT molecular complexity index is 807. The van der Waals surface area contributed by atoms with Crippen molar-refractivity contribution in [3.63, 3.8) is 0 Å². The third-order valence-corrected chi connectivity index (χ3v) is 3.94. The molecule has 2 heterocycles. The van der Waals surface area contributed by atoms with Crippen LogP contribution >= 0.6 is 0 Å². The monoisotopic (exact) mass is 294 g/mol. The van der Waals surface area contributed by atoms with Crippen LogP contribution in [0.25, 0.3) is 11.0 Å². The van der Waals surface area contributed by atoms with Gasteiger partial charge in [-0.3, -0.25) is 4.79 Å². The van der Waals surface area contributed by atoms with E-state index in [1.54, 1.807) is 6.20 Å². The van der Waals surface area contributed by atoms with Crippen LogP contribution in [0, 0.1) is 6.92 Å². The minimum Gasteiger partial charge on any atom is -0.469 e. The SMILES string of the molecule is COC(=O)Cc1c(C)n(Cc2ccccc2)c2ncccc12. The van der Waals surface area contributed by atoms with Gasteiger partial charge in [-0.2, -0.15) is 0 Å². The summed E-state index contributed by atoms with van der Waals surface area (Å²) >= 11 is 0. The summed E-state index contributed by atoms with van der Waals surface area (Å²) in [4.78, 5) is 16.2. The van der Waals surface area contributed by atoms with E-state index in [4.69, 9.17) is 4.74 Å². The van der Waals surface area contributed by atoms with Crippen LogP contribution < -0.4 is 0 Å². The normalized spacial score (nSPS) is 10.8. The van der Waals surface area contributed by atoms with E-state index < -0.39 is 0 Å². The predicted molar refractivity (Wildman–Crippen MR) is 85.7 cm³/mol. The molecular weight excluding hydrogens is 276 g/mol. The largest absolute Gasteiger partial charge is 0.469 e. The van der Waals surface area contributed by atoms with Crippen molar-refractivity contribution in [2.75, 3.05) is 7.11 Å². The van der Waals surface area contributed by atoms with Gasteiger partial charge in [-0.15, -0.1) is 0 Å². The number of ether oxygens (including phenoxy) is 1. The van der Waals surface area contributed by atoms with Crippen LogP contribution in [0.3, 0.4) is 0 Å². The summed E-state index contributed by atoms with van der Waals surface area (Å²) in [7, 11) is 1.42. The molecule has 112 valence electrons. The van der Waals surface area contributed by atoms with Gasteiger partial charge in [0.2, 0.25) is 0 Å². The molecule has 1 aromatic carbocycles. The highest BCUT2D eigenvalue weighted by Crippen LogP contribution is 2.26. The molecule has 0 radical (unpaired) electrons. The molecule has 0 bridgehead atoms. The lowest BCUT2D eigenvalue weighted by atomic mass is 10.1. The van der Waals surface area contributed by atoms with E-state index in [1.807, 2.05) is 37.3 Å². The van der Waals surface area contributed by atoms with Crippen molar-refractivity contribution in [2.45, 2.75) is 19.9 Å². The number of carbonyl (C=O) groups is 1. The highest BCUT2D eigenvalue weighted by atomic mass is 16.5. The van der Waals surface area contributed by atoms with Crippen LogP contribution in [0.1, 0.15) is 16.8 Å². The second-order valence-corrected chi connectivity index (χ2v) is 5.26. The zero-order chi connectivity index (χ0) is 15.5. The minimum atomic E-state index is -0.231. The Kier molecular flexibility index (Phi) is 3.92. The topological polar surface area (TPSA) is 44.1 Å². The first kappa shape index (κ1) is 14.3. The van der Waals surface area contributed by atoms with E-state index in [0.717, 1.165) is 28.8 Å². The molecule has 0 fully saturated rings. The molecule has 0 aliphatic heterocycles. The standard InChI is InChI=1S/C18H18N2O2/c1-13-16(11-17(21)22-2)15-9-6-10-19-18(15)20(13)12-14-7-4-3-5-8-14/h3-10H,11-12H2,1-2H3. The van der Waals surface area contributed by atoms with Crippen molar-refractivity contribution in [1.82, 2.24) is 9.55 Å². The third-order valence-electron chi connectivity index (χ3n) is 3.94. The first-order valence-electron chi connectivity index (χ1n) is 7.24. The van der Waals surface area contributed by atoms with Gasteiger partial charge in [0.1, 0.15) is 5.65 Å². The molecule has 0 amide bonds. The van der Waals surface area contributed by atoms with E-state index in [1.165, 1.54) is 12.7 Å². The van der Waals surface area contributed by atoms with E-state index in [2.05, 4.69) is 21.7 Å². The first-order valence-corrected chi connectivity index (χ1v) is 7.24. The van der Waals surface area contributed by atoms with Crippen LogP contribution in [0.15, 0.2) is 48.7 Å². The van der Waals surface area contributed by atoms with E-state index in [0.29, 0.717) is 0 Å². The van der Waals surface area contributed by atoms with Gasteiger partial charge in [0, 0.05) is 23.8 Å². The summed E-state index contributed by atoms with van der Waals surface area (Å²) in [6, 6.07) is 14.1. The highest BCUT2D eigenvalue weighted by Gasteiger charge is 2.17. The number of methoxy groups -OCH3 is 1. The molecule has 0 atom stereocenters. The summed E-state index contributed by atoms with van der Waals surface area (Å²) in [5, 5.41) is 1.02. The number of carbonyl (C=O) groups excluding carboxylic acids is 1. The fourth-order valence-corrected chi connectivity index (χ4v) is 2.76. The Morgan fingerprint density at radius 2 is 1.95 bits per heavy atom. The number of esters is 1. The van der Waals surface area contributed by atoms with Crippen LogP contribution in [0.4, 0.5) is 0 Å². The number of aromatic nitrogens is 2. The van der Waals surface area contributed by atoms with Crippen molar-refractivity contribution in [2.24, 2.45) is 0 Å². The average molecular weight is 294 g/mol. The molecule has 4 nitrogen and oxygen atoms in total. The van der Waals surface area contributed by atoms with Gasteiger partial charge in [0.15, 0.2) is 0 Å². The van der Waals surface area contributed by atoms with Gasteiger partial charge >= 0.3 is 5.97 Å². The van der Waals surface area contributed by atoms with Crippen molar-refractivity contribution in [3.05, 3.63) is 65.5 Å². The maximum Gasteiger partial charge on any atom is 0.310 e. The third kappa shape index (κ3) is 2.60. The lowest BCUT2D eigenvalue weighted by Crippen LogP contribution is -2.07. The van der Waals surface area contributed by atoms with Crippen molar-refractivity contribution < 1.29 is 9.53 Å². The second kappa shape index (κ2) is 6.02. The summed E-state index contributed by atoms with van der Waals surface area (Å²) < 4.78 is 6.97. The fourth-order valence-electron chi connectivity index (χ4n) is 2.76. The van der Waals surface area contributed by atoms with Crippen LogP contribution in [0.5, 0.6) is 0 Å². The Balaban J connectivity index is 2.10. The summed E-state index contributed by atoms with van der Waals surface area (Å²) in [5.74, 6) is -0.231. The zero-order valence-corrected chi connectivity index (χ0v) is 12.7. The Hall–Kier alpha value is -2.62. The van der Waals surface area contributed by atoms with Gasteiger partial charge in [-0.25, -0.2) is 4.98 Å². The molecule has 4 heteroatoms. The van der Waals surface area contributed by atoms with Gasteiger partial charge < -0.3 is 9.30 Å². The number of benzene rings is 1. The van der Waals surface area contributed by atoms with E-state index in [-0.39, 0.29) is 12.4 Å². The van der Waals surface area contributed by atoms with Crippen LogP contribution in [-0.2, 0) is 22.5 Å². The quantitative estimate of drug-likeness (QED) is 0.694. The minimum absolute atomic E-state index is 0.231. The molecule has 2 aromatic heterocycles. The molecule has 22 heavy (non-hydrogen) atoms. The molecule has 3 rings (SSSR count). The molecule has 0 aliphatic rings. The van der Waals surface area contributed by atoms with Gasteiger partial charge in [0.25, 0.3) is 0 Å². The van der Waals surface area contributed by atoms with Crippen LogP contribution in [0.2, 0.25) is 0 Å². The zero-order valence-electron chi connectivity index (χ0n) is 12.7. The number of nitrogens with zero attached hydrogens (tertiary/aromatic N) is 2. The maximum atomic E-state index is 11.7. The van der Waals surface area contributed by atoms with E-state index in [9.17, 15) is 4.79 Å². The fraction of sp³-hybridized carbons (Fsp3) is 0.222. The predicted octanol–water partition coefficient (Wildman–Crippen LogP) is 3.11. The van der Waals surface area contributed by atoms with Crippen molar-refractivity contribution in [1.29, 1.82) is 0 Å². The lowest BCUT2D eigenvalue weighted by molar-refractivity contribution is -0.139. The molecule has 0 aliphatic carbocycles. The van der Waals surface area contributed by atoms with Crippen molar-refractivity contribution in [3.8, 4) is 0 Å². The second-order valence-electron chi connectivity index (χ2n) is 5.26. The van der Waals surface area contributed by atoms with Gasteiger partial charge in [-0.1, -0.05) is 30.3 Å². The molecule has 0 N–H and O–H groups in total. The van der Waals surface area contributed by atoms with Gasteiger partial charge in [0.05, 0.1) is 13.5 Å². The molecule has 0 saturated heterocycles. The molecule has 0 saturated carbocycles. The number of hydrogen-bond acceptors (Lipinski definition) is 3. The number of pyridine rings is 1. The lowest BCUT2D eigenvalue weighted by Gasteiger charge is -2.08. The summed E-state index contributed by atoms with van der Waals surface area (Å²) in [6.07, 6.45) is 2.05. The molecular formula is C18H18N2O2. The van der Waals surface area contributed by atoms with Crippen LogP contribution in [-0.4, -0.2) is 22.6 Å². The highest BCUT2D eigenvalue weighted by molar-refractivity contribution is 5.87. The van der Waals surface area contributed by atoms with Crippen molar-refractivity contribution >= 4 is 17.0 Å². The summed E-state index contributed by atoms with van der Waals surface area (Å²) in [6.45, 7) is 2.77. The number of rotatable bonds is 4. The molecule has 0 spiro atoms. The number of fused-ring (bicyclic) bond motifs is 1. The van der Waals surface area contributed by atoms with E-state index >= 15 is 0 Å². The first-order chi connectivity index (χ1) is 10.7. The summed E-state index contributed by atoms with van der Waals surface area (Å²) in [5.41, 5.74) is 4.16. The van der Waals surface area contributed by atoms with Gasteiger partial charge in [-0.05, 0) is 30.2 Å². The Morgan fingerprint density at radius 1 is 1.18 bits per heavy atom. The smallest absolute Gasteiger partial charge is 0.310 e. The number of hydrogen-bond donors (Lipinski definition) is 0. The molecule has 3 aromatic rings.